The van der Waals surface area contributed by atoms with E-state index < -0.39 is 17.4 Å². The quantitative estimate of drug-likeness (QED) is 0.390. The molecule has 1 heterocycles. The maximum absolute atomic E-state index is 12.8. The van der Waals surface area contributed by atoms with Crippen LogP contribution in [-0.4, -0.2) is 51.3 Å². The summed E-state index contributed by atoms with van der Waals surface area (Å²) in [6.45, 7) is 6.91. The number of nitrogens with zero attached hydrogens (tertiary/aromatic N) is 1. The van der Waals surface area contributed by atoms with Crippen LogP contribution in [-0.2, 0) is 14.3 Å². The van der Waals surface area contributed by atoms with Crippen LogP contribution in [0.15, 0.2) is 24.3 Å². The summed E-state index contributed by atoms with van der Waals surface area (Å²) < 4.78 is 5.47. The van der Waals surface area contributed by atoms with Gasteiger partial charge < -0.3 is 15.8 Å². The molecule has 8 nitrogen and oxygen atoms in total. The minimum Gasteiger partial charge on any atom is -0.444 e. The number of amidine groups is 1. The molecule has 2 atom stereocenters. The fourth-order valence-electron chi connectivity index (χ4n) is 3.00. The van der Waals surface area contributed by atoms with Gasteiger partial charge in [-0.05, 0) is 45.0 Å². The summed E-state index contributed by atoms with van der Waals surface area (Å²) in [6, 6.07) is 6.66. The molecular formula is C19H26N4O4S. The lowest BCUT2D eigenvalue weighted by Crippen LogP contribution is -2.55. The fourth-order valence-corrected chi connectivity index (χ4v) is 4.03. The van der Waals surface area contributed by atoms with Gasteiger partial charge in [-0.15, -0.1) is 0 Å². The lowest BCUT2D eigenvalue weighted by atomic mass is 10.1. The van der Waals surface area contributed by atoms with Gasteiger partial charge in [-0.3, -0.25) is 19.9 Å². The van der Waals surface area contributed by atoms with E-state index in [9.17, 15) is 14.4 Å². The van der Waals surface area contributed by atoms with Crippen molar-refractivity contribution in [2.24, 2.45) is 5.73 Å². The van der Waals surface area contributed by atoms with Crippen LogP contribution in [0.4, 0.5) is 10.5 Å². The zero-order chi connectivity index (χ0) is 21.1. The highest BCUT2D eigenvalue weighted by molar-refractivity contribution is 8.14. The molecule has 4 N–H and O–H groups in total. The minimum absolute atomic E-state index is 0.0641. The van der Waals surface area contributed by atoms with Crippen molar-refractivity contribution < 1.29 is 19.1 Å². The number of likely N-dealkylation sites (tertiary alicyclic amines) is 1. The second-order valence-electron chi connectivity index (χ2n) is 7.68. The maximum atomic E-state index is 12.8. The zero-order valence-corrected chi connectivity index (χ0v) is 17.3. The Morgan fingerprint density at radius 3 is 2.43 bits per heavy atom. The SMILES string of the molecule is CC(=O)S[C@@H]1CN(C(=O)OC(C)(C)C)[C@@](C=O)(Nc2ccc(C(=N)N)cc2)C1. The molecule has 1 saturated heterocycles. The van der Waals surface area contributed by atoms with Crippen LogP contribution in [0.25, 0.3) is 0 Å². The average molecular weight is 407 g/mol. The smallest absolute Gasteiger partial charge is 0.412 e. The molecule has 152 valence electrons. The maximum Gasteiger partial charge on any atom is 0.412 e. The van der Waals surface area contributed by atoms with E-state index in [1.807, 2.05) is 0 Å². The molecule has 0 aromatic heterocycles. The van der Waals surface area contributed by atoms with Gasteiger partial charge in [0.1, 0.15) is 11.4 Å². The Morgan fingerprint density at radius 2 is 1.96 bits per heavy atom. The van der Waals surface area contributed by atoms with Gasteiger partial charge in [0.05, 0.1) is 0 Å². The van der Waals surface area contributed by atoms with Gasteiger partial charge in [0.25, 0.3) is 0 Å². The monoisotopic (exact) mass is 406 g/mol. The van der Waals surface area contributed by atoms with E-state index in [1.54, 1.807) is 45.0 Å². The van der Waals surface area contributed by atoms with Crippen molar-refractivity contribution in [3.05, 3.63) is 29.8 Å². The number of aldehydes is 1. The first-order valence-corrected chi connectivity index (χ1v) is 9.70. The van der Waals surface area contributed by atoms with Gasteiger partial charge in [0.15, 0.2) is 17.1 Å². The molecule has 9 heteroatoms. The van der Waals surface area contributed by atoms with Crippen molar-refractivity contribution in [3.8, 4) is 0 Å². The summed E-state index contributed by atoms with van der Waals surface area (Å²) in [5.74, 6) is -0.0641. The van der Waals surface area contributed by atoms with Crippen LogP contribution in [0.1, 0.15) is 39.7 Å². The third-order valence-corrected chi connectivity index (χ3v) is 5.09. The Kier molecular flexibility index (Phi) is 6.38. The van der Waals surface area contributed by atoms with Gasteiger partial charge in [0, 0.05) is 36.4 Å². The highest BCUT2D eigenvalue weighted by Crippen LogP contribution is 2.36. The zero-order valence-electron chi connectivity index (χ0n) is 16.4. The Labute approximate surface area is 168 Å². The summed E-state index contributed by atoms with van der Waals surface area (Å²) in [4.78, 5) is 37.8. The lowest BCUT2D eigenvalue weighted by Gasteiger charge is -2.36. The Morgan fingerprint density at radius 1 is 1.36 bits per heavy atom. The van der Waals surface area contributed by atoms with Crippen molar-refractivity contribution >= 4 is 40.8 Å². The van der Waals surface area contributed by atoms with Crippen molar-refractivity contribution in [2.75, 3.05) is 11.9 Å². The molecule has 1 fully saturated rings. The molecule has 0 unspecified atom stereocenters. The number of hydrogen-bond acceptors (Lipinski definition) is 7. The van der Waals surface area contributed by atoms with Crippen molar-refractivity contribution in [3.63, 3.8) is 0 Å². The fraction of sp³-hybridized carbons (Fsp3) is 0.474. The molecule has 1 aliphatic heterocycles. The third-order valence-electron chi connectivity index (χ3n) is 4.10. The molecule has 0 radical (unpaired) electrons. The van der Waals surface area contributed by atoms with Gasteiger partial charge >= 0.3 is 6.09 Å². The molecule has 1 aromatic rings. The number of carbonyl (C=O) groups is 3. The van der Waals surface area contributed by atoms with Crippen LogP contribution in [0.2, 0.25) is 0 Å². The van der Waals surface area contributed by atoms with E-state index in [0.717, 1.165) is 11.8 Å². The van der Waals surface area contributed by atoms with Gasteiger partial charge in [0.2, 0.25) is 0 Å². The Balaban J connectivity index is 2.33. The molecule has 0 aliphatic carbocycles. The first-order chi connectivity index (χ1) is 13.0. The second-order valence-corrected chi connectivity index (χ2v) is 9.16. The summed E-state index contributed by atoms with van der Waals surface area (Å²) in [5.41, 5.74) is 4.54. The standard InChI is InChI=1S/C19H26N4O4S/c1-12(25)28-15-9-19(11-24,23(10-15)17(26)27-18(2,3)4)22-14-7-5-13(6-8-14)16(20)21/h5-8,11,15,22H,9-10H2,1-4H3,(H3,20,21)/t15-,19-/m0/s1. The number of anilines is 1. The van der Waals surface area contributed by atoms with Crippen molar-refractivity contribution in [2.45, 2.75) is 50.6 Å². The number of ether oxygens (including phenoxy) is 1. The number of amides is 1. The minimum atomic E-state index is -1.34. The molecule has 1 amide bonds. The highest BCUT2D eigenvalue weighted by atomic mass is 32.2. The van der Waals surface area contributed by atoms with E-state index in [2.05, 4.69) is 5.32 Å². The molecule has 0 spiro atoms. The summed E-state index contributed by atoms with van der Waals surface area (Å²) in [7, 11) is 0. The largest absolute Gasteiger partial charge is 0.444 e. The number of nitrogen functional groups attached to an aromatic ring is 1. The number of nitrogens with one attached hydrogen (secondary N) is 2. The van der Waals surface area contributed by atoms with E-state index in [0.29, 0.717) is 17.5 Å². The summed E-state index contributed by atoms with van der Waals surface area (Å²) in [6.07, 6.45) is 0.310. The van der Waals surface area contributed by atoms with E-state index in [-0.39, 0.29) is 29.2 Å². The van der Waals surface area contributed by atoms with Crippen LogP contribution in [0.3, 0.4) is 0 Å². The highest BCUT2D eigenvalue weighted by Gasteiger charge is 2.50. The van der Waals surface area contributed by atoms with E-state index in [1.165, 1.54) is 11.8 Å². The Bertz CT molecular complexity index is 775. The molecular weight excluding hydrogens is 380 g/mol. The molecule has 0 bridgehead atoms. The topological polar surface area (TPSA) is 126 Å². The Hall–Kier alpha value is -2.55. The molecule has 1 aliphatic rings. The number of benzene rings is 1. The number of nitrogens with two attached hydrogens (primary N) is 1. The number of rotatable bonds is 5. The molecule has 28 heavy (non-hydrogen) atoms. The normalized spacial score (nSPS) is 21.9. The van der Waals surface area contributed by atoms with Crippen LogP contribution < -0.4 is 11.1 Å². The van der Waals surface area contributed by atoms with E-state index in [4.69, 9.17) is 15.9 Å². The first kappa shape index (κ1) is 21.7. The molecule has 0 saturated carbocycles. The summed E-state index contributed by atoms with van der Waals surface area (Å²) >= 11 is 1.10. The number of hydrogen-bond donors (Lipinski definition) is 3. The van der Waals surface area contributed by atoms with Crippen LogP contribution in [0.5, 0.6) is 0 Å². The summed E-state index contributed by atoms with van der Waals surface area (Å²) in [5, 5.41) is 10.3. The van der Waals surface area contributed by atoms with Crippen LogP contribution in [0, 0.1) is 5.41 Å². The number of carbonyl (C=O) groups excluding carboxylic acids is 3. The van der Waals surface area contributed by atoms with Crippen molar-refractivity contribution in [1.82, 2.24) is 4.90 Å². The lowest BCUT2D eigenvalue weighted by molar-refractivity contribution is -0.115. The average Bonchev–Trinajstić information content (AvgIpc) is 2.91. The van der Waals surface area contributed by atoms with Crippen LogP contribution >= 0.6 is 11.8 Å². The predicted octanol–water partition coefficient (Wildman–Crippen LogP) is 2.57. The number of thioether (sulfide) groups is 1. The van der Waals surface area contributed by atoms with E-state index >= 15 is 0 Å². The predicted molar refractivity (Wildman–Crippen MR) is 109 cm³/mol. The van der Waals surface area contributed by atoms with Crippen molar-refractivity contribution in [1.29, 1.82) is 5.41 Å². The third kappa shape index (κ3) is 5.25. The molecule has 2 rings (SSSR count). The van der Waals surface area contributed by atoms with Gasteiger partial charge in [-0.1, -0.05) is 11.8 Å². The van der Waals surface area contributed by atoms with Gasteiger partial charge in [-0.2, -0.15) is 0 Å². The second kappa shape index (κ2) is 8.22. The van der Waals surface area contributed by atoms with Gasteiger partial charge in [-0.25, -0.2) is 4.79 Å². The molecule has 1 aromatic carbocycles. The first-order valence-electron chi connectivity index (χ1n) is 8.82.